The Balaban J connectivity index is 2.62. The highest BCUT2D eigenvalue weighted by Gasteiger charge is 2.34. The van der Waals surface area contributed by atoms with Crippen LogP contribution in [0.5, 0.6) is 5.75 Å². The van der Waals surface area contributed by atoms with Gasteiger partial charge in [0.2, 0.25) is 5.91 Å². The predicted octanol–water partition coefficient (Wildman–Crippen LogP) is 2.71. The molecule has 0 aromatic heterocycles. The monoisotopic (exact) mass is 416 g/mol. The van der Waals surface area contributed by atoms with Crippen molar-refractivity contribution in [3.8, 4) is 5.75 Å². The van der Waals surface area contributed by atoms with Crippen LogP contribution in [0.1, 0.15) is 65.0 Å². The topological polar surface area (TPSA) is 111 Å². The Morgan fingerprint density at radius 1 is 1.37 bits per heavy atom. The number of anilines is 1. The normalized spacial score (nSPS) is 16.8. The third kappa shape index (κ3) is 5.14. The van der Waals surface area contributed by atoms with Crippen LogP contribution in [0.2, 0.25) is 0 Å². The molecule has 166 valence electrons. The number of benzene rings is 1. The van der Waals surface area contributed by atoms with Gasteiger partial charge in [0.05, 0.1) is 5.69 Å². The van der Waals surface area contributed by atoms with Gasteiger partial charge in [-0.3, -0.25) is 9.59 Å². The smallest absolute Gasteiger partial charge is 0.261 e. The molecule has 2 amide bonds. The molecule has 1 unspecified atom stereocenters. The minimum Gasteiger partial charge on any atom is -0.477 e. The minimum atomic E-state index is -1.21. The van der Waals surface area contributed by atoms with Gasteiger partial charge in [-0.15, -0.1) is 0 Å². The van der Waals surface area contributed by atoms with Crippen molar-refractivity contribution in [1.29, 1.82) is 0 Å². The number of hydrogen-bond donors (Lipinski definition) is 3. The van der Waals surface area contributed by atoms with E-state index in [1.165, 1.54) is 0 Å². The summed E-state index contributed by atoms with van der Waals surface area (Å²) in [6.45, 7) is 10.2. The van der Waals surface area contributed by atoms with Gasteiger partial charge in [0, 0.05) is 43.4 Å². The van der Waals surface area contributed by atoms with E-state index in [2.05, 4.69) is 12.2 Å². The number of nitrogens with one attached hydrogen (secondary N) is 1. The van der Waals surface area contributed by atoms with E-state index in [1.54, 1.807) is 25.7 Å². The Bertz CT molecular complexity index is 817. The molecule has 0 saturated carbocycles. The van der Waals surface area contributed by atoms with E-state index in [0.29, 0.717) is 12.3 Å². The van der Waals surface area contributed by atoms with Crippen LogP contribution in [0, 0.1) is 0 Å². The second-order valence-electron chi connectivity index (χ2n) is 8.37. The van der Waals surface area contributed by atoms with Gasteiger partial charge in [0.25, 0.3) is 5.91 Å². The summed E-state index contributed by atoms with van der Waals surface area (Å²) in [7, 11) is 0. The highest BCUT2D eigenvalue weighted by molar-refractivity contribution is 5.95. The van der Waals surface area contributed by atoms with Crippen molar-refractivity contribution in [2.24, 2.45) is 11.5 Å². The largest absolute Gasteiger partial charge is 0.477 e. The lowest BCUT2D eigenvalue weighted by molar-refractivity contribution is -0.130. The van der Waals surface area contributed by atoms with Crippen molar-refractivity contribution in [2.75, 3.05) is 18.0 Å². The summed E-state index contributed by atoms with van der Waals surface area (Å²) in [5.74, 6) is -0.00595. The number of rotatable bonds is 9. The molecular weight excluding hydrogens is 380 g/mol. The molecule has 0 radical (unpaired) electrons. The van der Waals surface area contributed by atoms with Crippen molar-refractivity contribution < 1.29 is 14.3 Å². The fourth-order valence-corrected chi connectivity index (χ4v) is 3.68. The molecule has 1 aromatic carbocycles. The van der Waals surface area contributed by atoms with E-state index < -0.39 is 11.5 Å². The molecule has 0 fully saturated rings. The highest BCUT2D eigenvalue weighted by Crippen LogP contribution is 2.42. The van der Waals surface area contributed by atoms with E-state index in [0.717, 1.165) is 54.6 Å². The van der Waals surface area contributed by atoms with Gasteiger partial charge in [-0.1, -0.05) is 13.3 Å². The van der Waals surface area contributed by atoms with E-state index in [1.807, 2.05) is 25.3 Å². The van der Waals surface area contributed by atoms with Gasteiger partial charge in [-0.05, 0) is 57.7 Å². The molecule has 0 bridgehead atoms. The first-order valence-electron chi connectivity index (χ1n) is 10.7. The number of hydrogen-bond acceptors (Lipinski definition) is 5. The Hall–Kier alpha value is -2.54. The number of ether oxygens (including phenoxy) is 1. The Morgan fingerprint density at radius 2 is 2.07 bits per heavy atom. The van der Waals surface area contributed by atoms with Gasteiger partial charge >= 0.3 is 0 Å². The average molecular weight is 417 g/mol. The van der Waals surface area contributed by atoms with Crippen molar-refractivity contribution in [3.05, 3.63) is 29.5 Å². The fourth-order valence-electron chi connectivity index (χ4n) is 3.68. The van der Waals surface area contributed by atoms with Gasteiger partial charge in [-0.25, -0.2) is 0 Å². The summed E-state index contributed by atoms with van der Waals surface area (Å²) in [6, 6.07) is 3.96. The maximum absolute atomic E-state index is 12.3. The molecule has 1 aliphatic rings. The molecule has 1 aliphatic heterocycles. The van der Waals surface area contributed by atoms with Crippen LogP contribution in [0.25, 0.3) is 5.57 Å². The highest BCUT2D eigenvalue weighted by atomic mass is 16.5. The summed E-state index contributed by atoms with van der Waals surface area (Å²) in [5.41, 5.74) is 13.9. The summed E-state index contributed by atoms with van der Waals surface area (Å²) < 4.78 is 6.23. The van der Waals surface area contributed by atoms with Crippen LogP contribution < -0.4 is 26.4 Å². The van der Waals surface area contributed by atoms with Crippen LogP contribution in [0.4, 0.5) is 5.69 Å². The van der Waals surface area contributed by atoms with Crippen molar-refractivity contribution in [1.82, 2.24) is 5.32 Å². The van der Waals surface area contributed by atoms with E-state index >= 15 is 0 Å². The van der Waals surface area contributed by atoms with Gasteiger partial charge in [0.1, 0.15) is 5.75 Å². The van der Waals surface area contributed by atoms with Crippen molar-refractivity contribution in [2.45, 2.75) is 71.9 Å². The van der Waals surface area contributed by atoms with Crippen molar-refractivity contribution >= 4 is 23.1 Å². The Morgan fingerprint density at radius 3 is 2.63 bits per heavy atom. The molecule has 30 heavy (non-hydrogen) atoms. The standard InChI is InChI=1S/C23H36N4O3/c1-6-7-12-26-14-17(13-24)18-10-11-20-19(9-8-15(2)27(20)16(3)28)21(18)30-23(4,5)22(25)29/h10-11,14-15,26H,6-9,12-13,24H2,1-5H3,(H2,25,29)/b17-14+. The second kappa shape index (κ2) is 9.98. The van der Waals surface area contributed by atoms with Crippen LogP contribution >= 0.6 is 0 Å². The molecular formula is C23H36N4O3. The number of carbonyl (C=O) groups is 2. The number of carbonyl (C=O) groups excluding carboxylic acids is 2. The third-order valence-electron chi connectivity index (χ3n) is 5.55. The van der Waals surface area contributed by atoms with Crippen molar-refractivity contribution in [3.63, 3.8) is 0 Å². The molecule has 7 nitrogen and oxygen atoms in total. The van der Waals surface area contributed by atoms with Crippen LogP contribution in [0.3, 0.4) is 0 Å². The van der Waals surface area contributed by atoms with Crippen LogP contribution in [-0.4, -0.2) is 36.5 Å². The summed E-state index contributed by atoms with van der Waals surface area (Å²) in [4.78, 5) is 26.1. The molecule has 0 spiro atoms. The van der Waals surface area contributed by atoms with E-state index in [-0.39, 0.29) is 11.9 Å². The maximum atomic E-state index is 12.3. The van der Waals surface area contributed by atoms with E-state index in [4.69, 9.17) is 16.2 Å². The lowest BCUT2D eigenvalue weighted by Crippen LogP contribution is -2.44. The summed E-state index contributed by atoms with van der Waals surface area (Å²) in [6.07, 6.45) is 5.61. The first-order valence-corrected chi connectivity index (χ1v) is 10.7. The van der Waals surface area contributed by atoms with Crippen LogP contribution in [-0.2, 0) is 16.0 Å². The Labute approximate surface area is 179 Å². The third-order valence-corrected chi connectivity index (χ3v) is 5.55. The molecule has 0 aliphatic carbocycles. The zero-order valence-corrected chi connectivity index (χ0v) is 18.9. The zero-order chi connectivity index (χ0) is 22.5. The number of amides is 2. The number of unbranched alkanes of at least 4 members (excludes halogenated alkanes) is 1. The van der Waals surface area contributed by atoms with E-state index in [9.17, 15) is 9.59 Å². The number of nitrogens with zero attached hydrogens (tertiary/aromatic N) is 1. The molecule has 1 atom stereocenters. The number of fused-ring (bicyclic) bond motifs is 1. The predicted molar refractivity (Wildman–Crippen MR) is 121 cm³/mol. The van der Waals surface area contributed by atoms with Gasteiger partial charge in [-0.2, -0.15) is 0 Å². The summed E-state index contributed by atoms with van der Waals surface area (Å²) >= 11 is 0. The maximum Gasteiger partial charge on any atom is 0.261 e. The number of nitrogens with two attached hydrogens (primary N) is 2. The second-order valence-corrected chi connectivity index (χ2v) is 8.37. The molecule has 7 heteroatoms. The summed E-state index contributed by atoms with van der Waals surface area (Å²) in [5, 5.41) is 3.31. The molecule has 1 aromatic rings. The minimum absolute atomic E-state index is 0.0212. The molecule has 5 N–H and O–H groups in total. The quantitative estimate of drug-likeness (QED) is 0.536. The van der Waals surface area contributed by atoms with Gasteiger partial charge < -0.3 is 26.4 Å². The molecule has 0 saturated heterocycles. The lowest BCUT2D eigenvalue weighted by atomic mass is 9.91. The first kappa shape index (κ1) is 23.7. The fraction of sp³-hybridized carbons (Fsp3) is 0.565. The number of primary amides is 1. The average Bonchev–Trinajstić information content (AvgIpc) is 2.68. The Kier molecular flexibility index (Phi) is 7.89. The molecule has 1 heterocycles. The van der Waals surface area contributed by atoms with Crippen LogP contribution in [0.15, 0.2) is 18.3 Å². The lowest BCUT2D eigenvalue weighted by Gasteiger charge is -2.37. The van der Waals surface area contributed by atoms with Gasteiger partial charge in [0.15, 0.2) is 5.60 Å². The molecule has 2 rings (SSSR count). The zero-order valence-electron chi connectivity index (χ0n) is 18.9. The SMILES string of the molecule is CCCCN/C=C(\CN)c1ccc2c(c1OC(C)(C)C(N)=O)CCC(C)N2C(C)=O. The first-order chi connectivity index (χ1) is 14.1.